The van der Waals surface area contributed by atoms with Crippen molar-refractivity contribution in [1.29, 1.82) is 0 Å². The topological polar surface area (TPSA) is 81.6 Å². The maximum Gasteiger partial charge on any atom is 0.194 e. The van der Waals surface area contributed by atoms with E-state index < -0.39 is 24.3 Å². The van der Waals surface area contributed by atoms with Crippen LogP contribution in [0.5, 0.6) is 5.75 Å². The van der Waals surface area contributed by atoms with Crippen molar-refractivity contribution >= 4 is 5.78 Å². The van der Waals surface area contributed by atoms with Crippen LogP contribution in [0.15, 0.2) is 18.0 Å². The predicted molar refractivity (Wildman–Crippen MR) is 114 cm³/mol. The van der Waals surface area contributed by atoms with Gasteiger partial charge in [-0.3, -0.25) is 4.79 Å². The van der Waals surface area contributed by atoms with E-state index in [2.05, 4.69) is 6.92 Å². The Hall–Kier alpha value is -2.15. The van der Waals surface area contributed by atoms with Crippen LogP contribution in [0.25, 0.3) is 0 Å². The number of carbonyl (C=O) groups excluding carboxylic acids is 1. The molecule has 0 radical (unpaired) electrons. The van der Waals surface area contributed by atoms with Crippen LogP contribution >= 0.6 is 0 Å². The summed E-state index contributed by atoms with van der Waals surface area (Å²) in [6.07, 6.45) is 8.08. The largest absolute Gasteiger partial charge is 0.482 e. The van der Waals surface area contributed by atoms with Gasteiger partial charge in [-0.15, -0.1) is 0 Å². The van der Waals surface area contributed by atoms with Gasteiger partial charge in [-0.25, -0.2) is 14.6 Å². The van der Waals surface area contributed by atoms with Gasteiger partial charge in [0.25, 0.3) is 0 Å². The Kier molecular flexibility index (Phi) is 8.65. The molecule has 1 aliphatic rings. The number of nitrogens with zero attached hydrogens (tertiary/aromatic N) is 1. The second-order valence-corrected chi connectivity index (χ2v) is 8.39. The zero-order valence-electron chi connectivity index (χ0n) is 18.5. The van der Waals surface area contributed by atoms with E-state index in [0.29, 0.717) is 18.0 Å². The lowest BCUT2D eigenvalue weighted by Crippen LogP contribution is -2.44. The standard InChI is InChI=1S/C23H35F2N3O2/c1-5-20(28(27)12-19(26)15(3)17-9-7-6-8-10-17)21(29)13-30-23-16(4)18(24)11-14(2)22(23)25/h11-12,15,17,20H,5-10,13,26-27H2,1-4H3/b19-12-. The van der Waals surface area contributed by atoms with Crippen LogP contribution in [-0.4, -0.2) is 23.4 Å². The molecule has 1 aromatic carbocycles. The number of hydrazine groups is 1. The van der Waals surface area contributed by atoms with E-state index in [-0.39, 0.29) is 28.6 Å². The smallest absolute Gasteiger partial charge is 0.194 e. The zero-order chi connectivity index (χ0) is 22.4. The van der Waals surface area contributed by atoms with Crippen molar-refractivity contribution in [2.24, 2.45) is 23.4 Å². The Labute approximate surface area is 178 Å². The molecule has 2 atom stereocenters. The van der Waals surface area contributed by atoms with Crippen LogP contribution in [0.4, 0.5) is 8.78 Å². The maximum atomic E-state index is 14.3. The second-order valence-electron chi connectivity index (χ2n) is 8.39. The van der Waals surface area contributed by atoms with Gasteiger partial charge < -0.3 is 15.5 Å². The van der Waals surface area contributed by atoms with Crippen molar-refractivity contribution in [2.45, 2.75) is 72.3 Å². The molecule has 30 heavy (non-hydrogen) atoms. The van der Waals surface area contributed by atoms with E-state index >= 15 is 0 Å². The number of hydrogen-bond acceptors (Lipinski definition) is 5. The number of hydrogen-bond donors (Lipinski definition) is 2. The molecular formula is C23H35F2N3O2. The van der Waals surface area contributed by atoms with Gasteiger partial charge in [0.1, 0.15) is 18.5 Å². The summed E-state index contributed by atoms with van der Waals surface area (Å²) >= 11 is 0. The molecule has 7 heteroatoms. The molecule has 1 saturated carbocycles. The first-order valence-electron chi connectivity index (χ1n) is 10.8. The van der Waals surface area contributed by atoms with Crippen molar-refractivity contribution in [3.63, 3.8) is 0 Å². The molecule has 2 unspecified atom stereocenters. The SMILES string of the molecule is CCC(C(=O)COc1c(C)c(F)cc(C)c1F)N(N)/C=C(\N)C(C)C1CCCCC1. The fraction of sp³-hybridized carbons (Fsp3) is 0.609. The van der Waals surface area contributed by atoms with Gasteiger partial charge in [-0.05, 0) is 56.6 Å². The van der Waals surface area contributed by atoms with E-state index in [1.54, 1.807) is 6.20 Å². The Bertz CT molecular complexity index is 750. The quantitative estimate of drug-likeness (QED) is 0.451. The first-order valence-corrected chi connectivity index (χ1v) is 10.8. The number of Topliss-reactive ketones (excluding diaryl/α,β-unsaturated/α-hetero) is 1. The van der Waals surface area contributed by atoms with Gasteiger partial charge in [0.05, 0.1) is 0 Å². The summed E-state index contributed by atoms with van der Waals surface area (Å²) in [4.78, 5) is 12.7. The maximum absolute atomic E-state index is 14.3. The molecule has 4 N–H and O–H groups in total. The monoisotopic (exact) mass is 423 g/mol. The molecule has 0 spiro atoms. The number of rotatable bonds is 9. The average Bonchev–Trinajstić information content (AvgIpc) is 2.72. The lowest BCUT2D eigenvalue weighted by atomic mass is 9.79. The number of allylic oxidation sites excluding steroid dienone is 1. The normalized spacial score (nSPS) is 17.5. The van der Waals surface area contributed by atoms with Crippen molar-refractivity contribution < 1.29 is 18.3 Å². The summed E-state index contributed by atoms with van der Waals surface area (Å²) in [5.41, 5.74) is 7.10. The van der Waals surface area contributed by atoms with Gasteiger partial charge >= 0.3 is 0 Å². The van der Waals surface area contributed by atoms with Crippen LogP contribution in [0, 0.1) is 37.3 Å². The number of ketones is 1. The number of benzene rings is 1. The molecule has 1 fully saturated rings. The molecule has 0 amide bonds. The van der Waals surface area contributed by atoms with Crippen molar-refractivity contribution in [3.05, 3.63) is 40.7 Å². The van der Waals surface area contributed by atoms with Crippen LogP contribution < -0.4 is 16.3 Å². The highest BCUT2D eigenvalue weighted by Gasteiger charge is 2.25. The number of nitrogens with two attached hydrogens (primary N) is 2. The van der Waals surface area contributed by atoms with Crippen LogP contribution in [0.1, 0.15) is 63.5 Å². The number of aryl methyl sites for hydroxylation is 1. The van der Waals surface area contributed by atoms with Gasteiger partial charge in [0.15, 0.2) is 17.3 Å². The predicted octanol–water partition coefficient (Wildman–Crippen LogP) is 4.50. The summed E-state index contributed by atoms with van der Waals surface area (Å²) in [7, 11) is 0. The molecule has 5 nitrogen and oxygen atoms in total. The molecule has 1 aromatic rings. The van der Waals surface area contributed by atoms with Crippen LogP contribution in [0.2, 0.25) is 0 Å². The van der Waals surface area contributed by atoms with Gasteiger partial charge in [-0.1, -0.05) is 33.1 Å². The van der Waals surface area contributed by atoms with Crippen LogP contribution in [0.3, 0.4) is 0 Å². The summed E-state index contributed by atoms with van der Waals surface area (Å²) in [6.45, 7) is 6.39. The molecule has 168 valence electrons. The molecule has 0 bridgehead atoms. The summed E-state index contributed by atoms with van der Waals surface area (Å²) < 4.78 is 33.6. The summed E-state index contributed by atoms with van der Waals surface area (Å²) in [5, 5.41) is 1.32. The van der Waals surface area contributed by atoms with Crippen LogP contribution in [-0.2, 0) is 4.79 Å². The Morgan fingerprint density at radius 3 is 2.53 bits per heavy atom. The third-order valence-electron chi connectivity index (χ3n) is 6.25. The van der Waals surface area contributed by atoms with Crippen molar-refractivity contribution in [2.75, 3.05) is 6.61 Å². The highest BCUT2D eigenvalue weighted by Crippen LogP contribution is 2.32. The first-order chi connectivity index (χ1) is 14.2. The molecule has 2 rings (SSSR count). The molecule has 0 heterocycles. The number of ether oxygens (including phenoxy) is 1. The number of carbonyl (C=O) groups is 1. The van der Waals surface area contributed by atoms with Gasteiger partial charge in [0.2, 0.25) is 0 Å². The zero-order valence-corrected chi connectivity index (χ0v) is 18.5. The minimum Gasteiger partial charge on any atom is -0.482 e. The fourth-order valence-electron chi connectivity index (χ4n) is 4.12. The van der Waals surface area contributed by atoms with E-state index in [9.17, 15) is 13.6 Å². The van der Waals surface area contributed by atoms with E-state index in [4.69, 9.17) is 16.3 Å². The molecule has 0 aliphatic heterocycles. The molecular weight excluding hydrogens is 388 g/mol. The Morgan fingerprint density at radius 1 is 1.30 bits per heavy atom. The Balaban J connectivity index is 2.05. The Morgan fingerprint density at radius 2 is 1.93 bits per heavy atom. The lowest BCUT2D eigenvalue weighted by Gasteiger charge is -2.30. The second kappa shape index (κ2) is 10.8. The third-order valence-corrected chi connectivity index (χ3v) is 6.25. The third kappa shape index (κ3) is 5.72. The van der Waals surface area contributed by atoms with Gasteiger partial charge in [-0.2, -0.15) is 0 Å². The highest BCUT2D eigenvalue weighted by molar-refractivity contribution is 5.85. The molecule has 0 aromatic heterocycles. The minimum atomic E-state index is -0.667. The summed E-state index contributed by atoms with van der Waals surface area (Å²) in [6, 6.07) is 0.441. The highest BCUT2D eigenvalue weighted by atomic mass is 19.1. The number of halogens is 2. The average molecular weight is 424 g/mol. The minimum absolute atomic E-state index is 0.0361. The fourth-order valence-corrected chi connectivity index (χ4v) is 4.12. The van der Waals surface area contributed by atoms with E-state index in [1.165, 1.54) is 38.1 Å². The first kappa shape index (κ1) is 24.1. The van der Waals surface area contributed by atoms with Crippen molar-refractivity contribution in [1.82, 2.24) is 5.01 Å². The van der Waals surface area contributed by atoms with E-state index in [0.717, 1.165) is 18.9 Å². The summed E-state index contributed by atoms with van der Waals surface area (Å²) in [5.74, 6) is 5.07. The molecule has 0 saturated heterocycles. The van der Waals surface area contributed by atoms with E-state index in [1.807, 2.05) is 6.92 Å². The van der Waals surface area contributed by atoms with Crippen molar-refractivity contribution in [3.8, 4) is 5.75 Å². The molecule has 1 aliphatic carbocycles. The van der Waals surface area contributed by atoms with Gasteiger partial charge in [0, 0.05) is 17.5 Å². The lowest BCUT2D eigenvalue weighted by molar-refractivity contribution is -0.125.